The molecule has 114 valence electrons. The van der Waals surface area contributed by atoms with Gasteiger partial charge < -0.3 is 19.7 Å². The van der Waals surface area contributed by atoms with Crippen molar-refractivity contribution in [2.75, 3.05) is 26.8 Å². The summed E-state index contributed by atoms with van der Waals surface area (Å²) in [7, 11) is 1.51. The fraction of sp³-hybridized carbons (Fsp3) is 0.600. The van der Waals surface area contributed by atoms with Gasteiger partial charge in [-0.2, -0.15) is 0 Å². The van der Waals surface area contributed by atoms with Crippen LogP contribution >= 0.6 is 0 Å². The molecule has 0 bridgehead atoms. The van der Waals surface area contributed by atoms with Crippen molar-refractivity contribution in [1.29, 1.82) is 0 Å². The summed E-state index contributed by atoms with van der Waals surface area (Å²) in [6.45, 7) is 5.25. The van der Waals surface area contributed by atoms with Crippen molar-refractivity contribution in [3.8, 4) is 0 Å². The van der Waals surface area contributed by atoms with Crippen molar-refractivity contribution >= 4 is 0 Å². The predicted molar refractivity (Wildman–Crippen MR) is 77.7 cm³/mol. The highest BCUT2D eigenvalue weighted by molar-refractivity contribution is 5.07. The molecule has 0 aromatic rings. The zero-order chi connectivity index (χ0) is 14.8. The molecule has 0 aliphatic carbocycles. The molecule has 1 heterocycles. The van der Waals surface area contributed by atoms with Crippen molar-refractivity contribution < 1.29 is 19.7 Å². The molecular formula is C15H25NO4. The third kappa shape index (κ3) is 5.88. The smallest absolute Gasteiger partial charge is 0.157 e. The van der Waals surface area contributed by atoms with Crippen LogP contribution < -0.4 is 0 Å². The van der Waals surface area contributed by atoms with E-state index < -0.39 is 12.5 Å². The van der Waals surface area contributed by atoms with E-state index in [1.807, 2.05) is 4.90 Å². The summed E-state index contributed by atoms with van der Waals surface area (Å²) in [5.41, 5.74) is 0. The summed E-state index contributed by atoms with van der Waals surface area (Å²) in [5, 5.41) is 19.6. The summed E-state index contributed by atoms with van der Waals surface area (Å²) in [6, 6.07) is 0. The minimum atomic E-state index is -0.704. The lowest BCUT2D eigenvalue weighted by molar-refractivity contribution is -0.135. The first-order valence-electron chi connectivity index (χ1n) is 6.88. The molecule has 0 spiro atoms. The van der Waals surface area contributed by atoms with Crippen LogP contribution in [0.3, 0.4) is 0 Å². The predicted octanol–water partition coefficient (Wildman–Crippen LogP) is 1.25. The van der Waals surface area contributed by atoms with Gasteiger partial charge in [-0.1, -0.05) is 24.8 Å². The SMILES string of the molecule is C=C/C=C\C=C\OCC(O)N1CCC(C(O)OC)CC1. The highest BCUT2D eigenvalue weighted by Crippen LogP contribution is 2.22. The topological polar surface area (TPSA) is 62.2 Å². The van der Waals surface area contributed by atoms with Crippen LogP contribution in [0.2, 0.25) is 0 Å². The summed E-state index contributed by atoms with van der Waals surface area (Å²) in [5.74, 6) is 0.147. The number of hydrogen-bond acceptors (Lipinski definition) is 5. The van der Waals surface area contributed by atoms with Gasteiger partial charge in [0.1, 0.15) is 12.8 Å². The van der Waals surface area contributed by atoms with Gasteiger partial charge in [-0.15, -0.1) is 0 Å². The Morgan fingerprint density at radius 3 is 2.55 bits per heavy atom. The lowest BCUT2D eigenvalue weighted by atomic mass is 9.96. The van der Waals surface area contributed by atoms with Gasteiger partial charge in [0.15, 0.2) is 6.29 Å². The number of methoxy groups -OCH3 is 1. The van der Waals surface area contributed by atoms with Gasteiger partial charge in [-0.25, -0.2) is 0 Å². The Labute approximate surface area is 120 Å². The maximum absolute atomic E-state index is 10.00. The Kier molecular flexibility index (Phi) is 8.22. The minimum Gasteiger partial charge on any atom is -0.497 e. The van der Waals surface area contributed by atoms with Crippen LogP contribution in [0.4, 0.5) is 0 Å². The van der Waals surface area contributed by atoms with Gasteiger partial charge in [0.2, 0.25) is 0 Å². The quantitative estimate of drug-likeness (QED) is 0.399. The number of rotatable bonds is 8. The molecule has 20 heavy (non-hydrogen) atoms. The van der Waals surface area contributed by atoms with Crippen LogP contribution in [0.15, 0.2) is 37.1 Å². The molecule has 0 aromatic carbocycles. The number of nitrogens with zero attached hydrogens (tertiary/aromatic N) is 1. The van der Waals surface area contributed by atoms with Crippen molar-refractivity contribution in [3.63, 3.8) is 0 Å². The molecule has 0 aromatic heterocycles. The number of ether oxygens (including phenoxy) is 2. The van der Waals surface area contributed by atoms with Gasteiger partial charge in [-0.3, -0.25) is 4.90 Å². The van der Waals surface area contributed by atoms with E-state index in [9.17, 15) is 10.2 Å². The second-order valence-corrected chi connectivity index (χ2v) is 4.76. The number of hydrogen-bond donors (Lipinski definition) is 2. The standard InChI is InChI=1S/C15H25NO4/c1-3-4-5-6-11-20-12-14(17)16-9-7-13(8-10-16)15(18)19-2/h3-6,11,13-15,17-18H,1,7-10,12H2,2H3/b5-4-,11-6+. The van der Waals surface area contributed by atoms with Crippen molar-refractivity contribution in [3.05, 3.63) is 37.1 Å². The number of aliphatic hydroxyl groups excluding tert-OH is 2. The molecule has 2 atom stereocenters. The summed E-state index contributed by atoms with van der Waals surface area (Å²) < 4.78 is 10.2. The molecule has 1 aliphatic heterocycles. The Hall–Kier alpha value is -1.14. The fourth-order valence-electron chi connectivity index (χ4n) is 2.19. The van der Waals surface area contributed by atoms with Gasteiger partial charge in [-0.05, 0) is 18.9 Å². The molecule has 0 amide bonds. The van der Waals surface area contributed by atoms with E-state index in [0.29, 0.717) is 0 Å². The van der Waals surface area contributed by atoms with Crippen molar-refractivity contribution in [2.24, 2.45) is 5.92 Å². The monoisotopic (exact) mass is 283 g/mol. The summed E-state index contributed by atoms with van der Waals surface area (Å²) >= 11 is 0. The molecule has 2 N–H and O–H groups in total. The van der Waals surface area contributed by atoms with E-state index in [0.717, 1.165) is 25.9 Å². The Balaban J connectivity index is 2.22. The average Bonchev–Trinajstić information content (AvgIpc) is 2.50. The Morgan fingerprint density at radius 2 is 1.95 bits per heavy atom. The summed E-state index contributed by atoms with van der Waals surface area (Å²) in [6.07, 6.45) is 8.86. The molecule has 0 radical (unpaired) electrons. The van der Waals surface area contributed by atoms with Crippen molar-refractivity contribution in [1.82, 2.24) is 4.90 Å². The van der Waals surface area contributed by atoms with E-state index in [1.54, 1.807) is 30.6 Å². The largest absolute Gasteiger partial charge is 0.497 e. The van der Waals surface area contributed by atoms with Crippen LogP contribution in [-0.2, 0) is 9.47 Å². The molecule has 1 fully saturated rings. The van der Waals surface area contributed by atoms with Gasteiger partial charge >= 0.3 is 0 Å². The van der Waals surface area contributed by atoms with E-state index in [-0.39, 0.29) is 12.5 Å². The first-order chi connectivity index (χ1) is 9.69. The maximum Gasteiger partial charge on any atom is 0.157 e. The minimum absolute atomic E-state index is 0.147. The number of piperidine rings is 1. The van der Waals surface area contributed by atoms with E-state index >= 15 is 0 Å². The second-order valence-electron chi connectivity index (χ2n) is 4.76. The highest BCUT2D eigenvalue weighted by atomic mass is 16.6. The van der Waals surface area contributed by atoms with Gasteiger partial charge in [0.25, 0.3) is 0 Å². The second kappa shape index (κ2) is 9.72. The van der Waals surface area contributed by atoms with Crippen LogP contribution in [0.5, 0.6) is 0 Å². The third-order valence-electron chi connectivity index (χ3n) is 3.42. The fourth-order valence-corrected chi connectivity index (χ4v) is 2.19. The lowest BCUT2D eigenvalue weighted by Crippen LogP contribution is -2.45. The first kappa shape index (κ1) is 16.9. The van der Waals surface area contributed by atoms with E-state index in [1.165, 1.54) is 7.11 Å². The molecule has 1 saturated heterocycles. The number of aliphatic hydroxyl groups is 2. The number of allylic oxidation sites excluding steroid dienone is 4. The highest BCUT2D eigenvalue weighted by Gasteiger charge is 2.27. The molecule has 1 rings (SSSR count). The molecule has 5 heteroatoms. The molecule has 5 nitrogen and oxygen atoms in total. The molecule has 1 aliphatic rings. The Bertz CT molecular complexity index is 322. The summed E-state index contributed by atoms with van der Waals surface area (Å²) in [4.78, 5) is 1.95. The van der Waals surface area contributed by atoms with Gasteiger partial charge in [0, 0.05) is 26.1 Å². The first-order valence-corrected chi connectivity index (χ1v) is 6.88. The normalized spacial score (nSPS) is 21.4. The van der Waals surface area contributed by atoms with E-state index in [2.05, 4.69) is 6.58 Å². The molecular weight excluding hydrogens is 258 g/mol. The average molecular weight is 283 g/mol. The van der Waals surface area contributed by atoms with Gasteiger partial charge in [0.05, 0.1) is 6.26 Å². The van der Waals surface area contributed by atoms with E-state index in [4.69, 9.17) is 9.47 Å². The van der Waals surface area contributed by atoms with Crippen LogP contribution in [0.25, 0.3) is 0 Å². The van der Waals surface area contributed by atoms with Crippen LogP contribution in [0.1, 0.15) is 12.8 Å². The lowest BCUT2D eigenvalue weighted by Gasteiger charge is -2.35. The maximum atomic E-state index is 10.00. The van der Waals surface area contributed by atoms with Crippen LogP contribution in [0, 0.1) is 5.92 Å². The molecule has 0 saturated carbocycles. The molecule has 2 unspecified atom stereocenters. The zero-order valence-electron chi connectivity index (χ0n) is 12.0. The Morgan fingerprint density at radius 1 is 1.25 bits per heavy atom. The van der Waals surface area contributed by atoms with Crippen LogP contribution in [-0.4, -0.2) is 54.4 Å². The third-order valence-corrected chi connectivity index (χ3v) is 3.42. The number of likely N-dealkylation sites (tertiary alicyclic amines) is 1. The van der Waals surface area contributed by atoms with Crippen molar-refractivity contribution in [2.45, 2.75) is 25.4 Å². The zero-order valence-corrected chi connectivity index (χ0v) is 12.0.